The highest BCUT2D eigenvalue weighted by Gasteiger charge is 2.63. The fraction of sp³-hybridized carbons (Fsp3) is 0.400. The topological polar surface area (TPSA) is 26.0 Å². The molecule has 1 atom stereocenters. The molecule has 0 heterocycles. The third-order valence-electron chi connectivity index (χ3n) is 2.20. The molecule has 0 aliphatic heterocycles. The van der Waals surface area contributed by atoms with E-state index in [0.717, 1.165) is 12.1 Å². The van der Waals surface area contributed by atoms with Crippen molar-refractivity contribution in [2.45, 2.75) is 24.8 Å². The molecule has 0 amide bonds. The lowest BCUT2D eigenvalue weighted by Crippen LogP contribution is -2.40. The van der Waals surface area contributed by atoms with Crippen LogP contribution in [0, 0.1) is 0 Å². The van der Waals surface area contributed by atoms with E-state index in [1.54, 1.807) is 0 Å². The molecule has 0 radical (unpaired) electrons. The maximum Gasteiger partial charge on any atom is 0.456 e. The van der Waals surface area contributed by atoms with E-state index in [9.17, 15) is 26.3 Å². The molecule has 2 N–H and O–H groups in total. The minimum atomic E-state index is -5.92. The fourth-order valence-corrected chi connectivity index (χ4v) is 1.18. The van der Waals surface area contributed by atoms with Gasteiger partial charge in [0.25, 0.3) is 0 Å². The highest BCUT2D eigenvalue weighted by atomic mass is 19.4. The Bertz CT molecular complexity index is 369. The van der Waals surface area contributed by atoms with Crippen LogP contribution in [0.25, 0.3) is 0 Å². The van der Waals surface area contributed by atoms with Gasteiger partial charge in [-0.15, -0.1) is 0 Å². The van der Waals surface area contributed by atoms with Crippen LogP contribution in [0.5, 0.6) is 0 Å². The normalized spacial score (nSPS) is 14.8. The molecule has 1 unspecified atom stereocenters. The zero-order valence-electron chi connectivity index (χ0n) is 8.44. The largest absolute Gasteiger partial charge is 0.456 e. The van der Waals surface area contributed by atoms with E-state index in [1.165, 1.54) is 12.1 Å². The first-order chi connectivity index (χ1) is 7.70. The molecule has 7 heteroatoms. The van der Waals surface area contributed by atoms with Gasteiger partial charge in [-0.2, -0.15) is 22.0 Å². The van der Waals surface area contributed by atoms with Gasteiger partial charge in [-0.1, -0.05) is 24.3 Å². The summed E-state index contributed by atoms with van der Waals surface area (Å²) in [5.41, 5.74) is 4.99. The van der Waals surface area contributed by atoms with Crippen molar-refractivity contribution in [3.63, 3.8) is 0 Å². The lowest BCUT2D eigenvalue weighted by atomic mass is 10.0. The molecule has 0 fully saturated rings. The number of benzene rings is 1. The SMILES string of the molecule is NCc1ccc(C(F)C(F)(F)C(F)(F)F)cc1. The summed E-state index contributed by atoms with van der Waals surface area (Å²) >= 11 is 0. The molecule has 0 aromatic heterocycles. The molecule has 96 valence electrons. The molecular weight excluding hydrogens is 248 g/mol. The van der Waals surface area contributed by atoms with Crippen molar-refractivity contribution in [1.29, 1.82) is 0 Å². The van der Waals surface area contributed by atoms with Gasteiger partial charge in [0.05, 0.1) is 0 Å². The monoisotopic (exact) mass is 257 g/mol. The number of nitrogens with two attached hydrogens (primary N) is 1. The minimum absolute atomic E-state index is 0.0902. The number of halogens is 6. The van der Waals surface area contributed by atoms with E-state index in [2.05, 4.69) is 0 Å². The summed E-state index contributed by atoms with van der Waals surface area (Å²) < 4.78 is 74.2. The summed E-state index contributed by atoms with van der Waals surface area (Å²) in [5.74, 6) is -5.41. The lowest BCUT2D eigenvalue weighted by molar-refractivity contribution is -0.305. The van der Waals surface area contributed by atoms with Crippen LogP contribution in [0.15, 0.2) is 24.3 Å². The van der Waals surface area contributed by atoms with Crippen LogP contribution >= 0.6 is 0 Å². The third-order valence-corrected chi connectivity index (χ3v) is 2.20. The van der Waals surface area contributed by atoms with E-state index in [-0.39, 0.29) is 6.54 Å². The van der Waals surface area contributed by atoms with E-state index in [1.807, 2.05) is 0 Å². The van der Waals surface area contributed by atoms with Crippen LogP contribution in [-0.4, -0.2) is 12.1 Å². The van der Waals surface area contributed by atoms with E-state index in [0.29, 0.717) is 5.56 Å². The molecule has 1 aromatic carbocycles. The van der Waals surface area contributed by atoms with Gasteiger partial charge in [0.1, 0.15) is 0 Å². The van der Waals surface area contributed by atoms with Gasteiger partial charge >= 0.3 is 12.1 Å². The predicted octanol–water partition coefficient (Wildman–Crippen LogP) is 3.35. The molecule has 0 saturated heterocycles. The summed E-state index contributed by atoms with van der Waals surface area (Å²) in [4.78, 5) is 0. The van der Waals surface area contributed by atoms with E-state index < -0.39 is 23.8 Å². The number of rotatable bonds is 3. The Morgan fingerprint density at radius 2 is 1.47 bits per heavy atom. The van der Waals surface area contributed by atoms with Gasteiger partial charge in [0.2, 0.25) is 0 Å². The van der Waals surface area contributed by atoms with Gasteiger partial charge in [-0.25, -0.2) is 4.39 Å². The Kier molecular flexibility index (Phi) is 3.71. The van der Waals surface area contributed by atoms with Gasteiger partial charge < -0.3 is 5.73 Å². The maximum atomic E-state index is 13.1. The zero-order chi connectivity index (χ0) is 13.3. The predicted molar refractivity (Wildman–Crippen MR) is 49.2 cm³/mol. The Balaban J connectivity index is 2.99. The number of alkyl halides is 6. The Hall–Kier alpha value is -1.24. The average Bonchev–Trinajstić information content (AvgIpc) is 2.26. The van der Waals surface area contributed by atoms with E-state index >= 15 is 0 Å². The van der Waals surface area contributed by atoms with Gasteiger partial charge in [-0.3, -0.25) is 0 Å². The first-order valence-corrected chi connectivity index (χ1v) is 4.57. The Labute approximate surface area is 93.2 Å². The first kappa shape index (κ1) is 13.8. The number of hydrogen-bond acceptors (Lipinski definition) is 1. The first-order valence-electron chi connectivity index (χ1n) is 4.57. The summed E-state index contributed by atoms with van der Waals surface area (Å²) in [7, 11) is 0. The molecule has 17 heavy (non-hydrogen) atoms. The molecule has 1 rings (SSSR count). The minimum Gasteiger partial charge on any atom is -0.326 e. The highest BCUT2D eigenvalue weighted by Crippen LogP contribution is 2.46. The number of hydrogen-bond donors (Lipinski definition) is 1. The molecule has 0 saturated carbocycles. The summed E-state index contributed by atoms with van der Waals surface area (Å²) in [6.07, 6.45) is -9.34. The van der Waals surface area contributed by atoms with Crippen molar-refractivity contribution >= 4 is 0 Å². The highest BCUT2D eigenvalue weighted by molar-refractivity contribution is 5.25. The summed E-state index contributed by atoms with van der Waals surface area (Å²) in [5, 5.41) is 0. The Morgan fingerprint density at radius 1 is 1.00 bits per heavy atom. The van der Waals surface area contributed by atoms with Crippen LogP contribution in [0.2, 0.25) is 0 Å². The second-order valence-corrected chi connectivity index (χ2v) is 3.43. The smallest absolute Gasteiger partial charge is 0.326 e. The fourth-order valence-electron chi connectivity index (χ4n) is 1.18. The van der Waals surface area contributed by atoms with Crippen molar-refractivity contribution in [1.82, 2.24) is 0 Å². The third kappa shape index (κ3) is 2.71. The summed E-state index contributed by atoms with van der Waals surface area (Å²) in [6.45, 7) is 0.0902. The van der Waals surface area contributed by atoms with Crippen LogP contribution < -0.4 is 5.73 Å². The van der Waals surface area contributed by atoms with E-state index in [4.69, 9.17) is 5.73 Å². The second kappa shape index (κ2) is 4.56. The van der Waals surface area contributed by atoms with Crippen molar-refractivity contribution in [2.75, 3.05) is 0 Å². The standard InChI is InChI=1S/C10H9F6N/c11-8(9(12,13)10(14,15)16)7-3-1-6(5-17)2-4-7/h1-4,8H,5,17H2. The van der Waals surface area contributed by atoms with Crippen LogP contribution in [0.1, 0.15) is 17.3 Å². The Morgan fingerprint density at radius 3 is 1.82 bits per heavy atom. The average molecular weight is 257 g/mol. The van der Waals surface area contributed by atoms with Crippen molar-refractivity contribution < 1.29 is 26.3 Å². The molecule has 1 nitrogen and oxygen atoms in total. The zero-order valence-corrected chi connectivity index (χ0v) is 8.44. The molecule has 0 spiro atoms. The second-order valence-electron chi connectivity index (χ2n) is 3.43. The van der Waals surface area contributed by atoms with Gasteiger partial charge in [-0.05, 0) is 11.1 Å². The van der Waals surface area contributed by atoms with Gasteiger partial charge in [0, 0.05) is 6.54 Å². The molecule has 0 aliphatic carbocycles. The van der Waals surface area contributed by atoms with Gasteiger partial charge in [0.15, 0.2) is 6.17 Å². The van der Waals surface area contributed by atoms with Crippen LogP contribution in [0.3, 0.4) is 0 Å². The molecule has 0 aliphatic rings. The molecule has 0 bridgehead atoms. The molecular formula is C10H9F6N. The summed E-state index contributed by atoms with van der Waals surface area (Å²) in [6, 6.07) is 4.14. The van der Waals surface area contributed by atoms with Crippen LogP contribution in [-0.2, 0) is 6.54 Å². The molecule has 1 aromatic rings. The maximum absolute atomic E-state index is 13.1. The van der Waals surface area contributed by atoms with Crippen LogP contribution in [0.4, 0.5) is 26.3 Å². The van der Waals surface area contributed by atoms with Crippen molar-refractivity contribution in [2.24, 2.45) is 5.73 Å². The lowest BCUT2D eigenvalue weighted by Gasteiger charge is -2.23. The quantitative estimate of drug-likeness (QED) is 0.825. The van der Waals surface area contributed by atoms with Crippen molar-refractivity contribution in [3.8, 4) is 0 Å². The van der Waals surface area contributed by atoms with Crippen molar-refractivity contribution in [3.05, 3.63) is 35.4 Å².